The van der Waals surface area contributed by atoms with Crippen molar-refractivity contribution in [3.63, 3.8) is 0 Å². The highest BCUT2D eigenvalue weighted by Crippen LogP contribution is 2.38. The Kier molecular flexibility index (Phi) is 6.35. The van der Waals surface area contributed by atoms with Crippen LogP contribution in [0.2, 0.25) is 0 Å². The molecule has 1 saturated carbocycles. The Labute approximate surface area is 136 Å². The first kappa shape index (κ1) is 17.4. The van der Waals surface area contributed by atoms with Gasteiger partial charge in [-0.2, -0.15) is 0 Å². The van der Waals surface area contributed by atoms with Gasteiger partial charge in [0.15, 0.2) is 0 Å². The average molecular weight is 325 g/mol. The minimum Gasteiger partial charge on any atom is -0.375 e. The number of aromatic nitrogens is 1. The van der Waals surface area contributed by atoms with Crippen molar-refractivity contribution in [3.8, 4) is 0 Å². The van der Waals surface area contributed by atoms with E-state index in [0.29, 0.717) is 19.5 Å². The van der Waals surface area contributed by atoms with E-state index in [2.05, 4.69) is 10.3 Å². The third-order valence-corrected chi connectivity index (χ3v) is 5.67. The molecule has 1 atom stereocenters. The molecule has 1 amide bonds. The first-order valence-electron chi connectivity index (χ1n) is 8.02. The molecule has 3 N–H and O–H groups in total. The first-order chi connectivity index (χ1) is 10.6. The molecule has 1 aromatic heterocycles. The van der Waals surface area contributed by atoms with Crippen LogP contribution in [0.1, 0.15) is 62.3 Å². The monoisotopic (exact) mass is 325 g/mol. The van der Waals surface area contributed by atoms with Crippen molar-refractivity contribution in [2.45, 2.75) is 58.1 Å². The van der Waals surface area contributed by atoms with Crippen LogP contribution in [-0.2, 0) is 16.1 Å². The molecule has 124 valence electrons. The van der Waals surface area contributed by atoms with Gasteiger partial charge in [-0.25, -0.2) is 4.98 Å². The number of ether oxygens (including phenoxy) is 1. The van der Waals surface area contributed by atoms with Crippen LogP contribution in [0.3, 0.4) is 0 Å². The zero-order chi connectivity index (χ0) is 16.0. The quantitative estimate of drug-likeness (QED) is 0.808. The lowest BCUT2D eigenvalue weighted by molar-refractivity contribution is -0.124. The van der Waals surface area contributed by atoms with Crippen LogP contribution in [0.5, 0.6) is 0 Å². The summed E-state index contributed by atoms with van der Waals surface area (Å²) in [6.07, 6.45) is 6.32. The third-order valence-electron chi connectivity index (χ3n) is 4.62. The number of nitrogens with one attached hydrogen (secondary N) is 1. The van der Waals surface area contributed by atoms with Crippen LogP contribution in [0.4, 0.5) is 0 Å². The van der Waals surface area contributed by atoms with Gasteiger partial charge in [0.05, 0.1) is 12.2 Å². The number of carbonyl (C=O) groups is 1. The molecule has 1 aliphatic rings. The minimum atomic E-state index is -0.00259. The van der Waals surface area contributed by atoms with Gasteiger partial charge in [-0.1, -0.05) is 19.3 Å². The van der Waals surface area contributed by atoms with Crippen molar-refractivity contribution < 1.29 is 9.53 Å². The molecule has 0 aliphatic heterocycles. The smallest absolute Gasteiger partial charge is 0.220 e. The number of nitrogens with two attached hydrogens (primary N) is 1. The van der Waals surface area contributed by atoms with E-state index in [4.69, 9.17) is 10.5 Å². The Hall–Kier alpha value is -0.980. The van der Waals surface area contributed by atoms with Crippen LogP contribution in [0, 0.1) is 5.41 Å². The van der Waals surface area contributed by atoms with Crippen molar-refractivity contribution in [3.05, 3.63) is 16.1 Å². The van der Waals surface area contributed by atoms with Crippen LogP contribution in [0.25, 0.3) is 0 Å². The van der Waals surface area contributed by atoms with Crippen molar-refractivity contribution in [1.82, 2.24) is 10.3 Å². The summed E-state index contributed by atoms with van der Waals surface area (Å²) in [4.78, 5) is 16.7. The molecule has 0 radical (unpaired) electrons. The van der Waals surface area contributed by atoms with E-state index in [1.807, 2.05) is 12.3 Å². The average Bonchev–Trinajstić information content (AvgIpc) is 3.02. The molecule has 0 saturated heterocycles. The summed E-state index contributed by atoms with van der Waals surface area (Å²) in [5.74, 6) is 0.0849. The first-order valence-corrected chi connectivity index (χ1v) is 8.90. The number of hydrogen-bond acceptors (Lipinski definition) is 5. The minimum absolute atomic E-state index is 0.00259. The Morgan fingerprint density at radius 2 is 2.23 bits per heavy atom. The van der Waals surface area contributed by atoms with Gasteiger partial charge in [0, 0.05) is 18.9 Å². The Bertz CT molecular complexity index is 483. The molecule has 1 unspecified atom stereocenters. The fourth-order valence-electron chi connectivity index (χ4n) is 3.04. The lowest BCUT2D eigenvalue weighted by Gasteiger charge is -2.35. The zero-order valence-corrected chi connectivity index (χ0v) is 14.4. The SMILES string of the molecule is COC(C)c1nc(CNC(=O)CC2(CN)CCCCC2)cs1. The van der Waals surface area contributed by atoms with Gasteiger partial charge in [-0.3, -0.25) is 4.79 Å². The van der Waals surface area contributed by atoms with Crippen molar-refractivity contribution in [2.24, 2.45) is 11.1 Å². The second-order valence-corrected chi connectivity index (χ2v) is 7.16. The van der Waals surface area contributed by atoms with Gasteiger partial charge < -0.3 is 15.8 Å². The second kappa shape index (κ2) is 8.04. The normalized spacial score (nSPS) is 18.9. The number of carbonyl (C=O) groups excluding carboxylic acids is 1. The third kappa shape index (κ3) is 4.51. The maximum atomic E-state index is 12.2. The lowest BCUT2D eigenvalue weighted by atomic mass is 9.71. The Morgan fingerprint density at radius 3 is 2.86 bits per heavy atom. The maximum Gasteiger partial charge on any atom is 0.220 e. The molecule has 6 heteroatoms. The summed E-state index contributed by atoms with van der Waals surface area (Å²) in [6.45, 7) is 3.05. The number of methoxy groups -OCH3 is 1. The highest BCUT2D eigenvalue weighted by atomic mass is 32.1. The largest absolute Gasteiger partial charge is 0.375 e. The molecule has 2 rings (SSSR count). The van der Waals surface area contributed by atoms with Gasteiger partial charge in [0.1, 0.15) is 11.1 Å². The summed E-state index contributed by atoms with van der Waals surface area (Å²) in [5.41, 5.74) is 6.85. The molecular formula is C16H27N3O2S. The second-order valence-electron chi connectivity index (χ2n) is 6.27. The van der Waals surface area contributed by atoms with Crippen LogP contribution >= 0.6 is 11.3 Å². The number of thiazole rings is 1. The molecule has 1 heterocycles. The molecular weight excluding hydrogens is 298 g/mol. The van der Waals surface area contributed by atoms with E-state index in [-0.39, 0.29) is 17.4 Å². The molecule has 0 bridgehead atoms. The van der Waals surface area contributed by atoms with E-state index >= 15 is 0 Å². The topological polar surface area (TPSA) is 77.2 Å². The predicted octanol–water partition coefficient (Wildman–Crippen LogP) is 2.77. The molecule has 22 heavy (non-hydrogen) atoms. The summed E-state index contributed by atoms with van der Waals surface area (Å²) < 4.78 is 5.25. The van der Waals surface area contributed by atoms with Gasteiger partial charge >= 0.3 is 0 Å². The number of amides is 1. The molecule has 1 aromatic rings. The number of nitrogens with zero attached hydrogens (tertiary/aromatic N) is 1. The Morgan fingerprint density at radius 1 is 1.50 bits per heavy atom. The standard InChI is InChI=1S/C16H27N3O2S/c1-12(21-2)15-19-13(10-22-15)9-18-14(20)8-16(11-17)6-4-3-5-7-16/h10,12H,3-9,11,17H2,1-2H3,(H,18,20). The maximum absolute atomic E-state index is 12.2. The molecule has 5 nitrogen and oxygen atoms in total. The van der Waals surface area contributed by atoms with E-state index in [1.54, 1.807) is 18.4 Å². The predicted molar refractivity (Wildman–Crippen MR) is 88.6 cm³/mol. The van der Waals surface area contributed by atoms with Gasteiger partial charge in [0.25, 0.3) is 0 Å². The lowest BCUT2D eigenvalue weighted by Crippen LogP contribution is -2.38. The highest BCUT2D eigenvalue weighted by Gasteiger charge is 2.32. The fraction of sp³-hybridized carbons (Fsp3) is 0.750. The molecule has 1 fully saturated rings. The molecule has 0 aromatic carbocycles. The van der Waals surface area contributed by atoms with E-state index < -0.39 is 0 Å². The van der Waals surface area contributed by atoms with Gasteiger partial charge in [-0.15, -0.1) is 11.3 Å². The van der Waals surface area contributed by atoms with Crippen molar-refractivity contribution >= 4 is 17.2 Å². The van der Waals surface area contributed by atoms with E-state index in [1.165, 1.54) is 19.3 Å². The summed E-state index contributed by atoms with van der Waals surface area (Å²) in [7, 11) is 1.67. The van der Waals surface area contributed by atoms with Crippen molar-refractivity contribution in [1.29, 1.82) is 0 Å². The summed E-state index contributed by atoms with van der Waals surface area (Å²) >= 11 is 1.57. The number of rotatable bonds is 7. The summed E-state index contributed by atoms with van der Waals surface area (Å²) in [6, 6.07) is 0. The zero-order valence-electron chi connectivity index (χ0n) is 13.6. The number of hydrogen-bond donors (Lipinski definition) is 2. The van der Waals surface area contributed by atoms with Crippen LogP contribution in [0.15, 0.2) is 5.38 Å². The van der Waals surface area contributed by atoms with E-state index in [0.717, 1.165) is 23.5 Å². The van der Waals surface area contributed by atoms with E-state index in [9.17, 15) is 4.79 Å². The molecule has 0 spiro atoms. The summed E-state index contributed by atoms with van der Waals surface area (Å²) in [5, 5.41) is 5.90. The van der Waals surface area contributed by atoms with Gasteiger partial charge in [0.2, 0.25) is 5.91 Å². The Balaban J connectivity index is 1.83. The van der Waals surface area contributed by atoms with Crippen LogP contribution in [-0.4, -0.2) is 24.5 Å². The highest BCUT2D eigenvalue weighted by molar-refractivity contribution is 7.09. The van der Waals surface area contributed by atoms with Gasteiger partial charge in [-0.05, 0) is 31.7 Å². The van der Waals surface area contributed by atoms with Crippen LogP contribution < -0.4 is 11.1 Å². The van der Waals surface area contributed by atoms with Crippen molar-refractivity contribution in [2.75, 3.05) is 13.7 Å². The molecule has 1 aliphatic carbocycles. The fourth-order valence-corrected chi connectivity index (χ4v) is 3.89.